The van der Waals surface area contributed by atoms with Crippen molar-refractivity contribution in [3.05, 3.63) is 85.1 Å². The van der Waals surface area contributed by atoms with Crippen molar-refractivity contribution in [2.75, 3.05) is 6.61 Å². The van der Waals surface area contributed by atoms with Gasteiger partial charge >= 0.3 is 0 Å². The van der Waals surface area contributed by atoms with Crippen molar-refractivity contribution in [1.82, 2.24) is 5.32 Å². The second-order valence-electron chi connectivity index (χ2n) is 17.9. The van der Waals surface area contributed by atoms with Crippen LogP contribution in [0.5, 0.6) is 0 Å². The molecule has 0 saturated carbocycles. The van der Waals surface area contributed by atoms with Crippen LogP contribution in [-0.2, 0) is 4.79 Å². The quantitative estimate of drug-likeness (QED) is 0.0422. The Morgan fingerprint density at radius 2 is 0.726 bits per heavy atom. The van der Waals surface area contributed by atoms with Gasteiger partial charge in [0, 0.05) is 6.42 Å². The number of hydrogen-bond donors (Lipinski definition) is 3. The summed E-state index contributed by atoms with van der Waals surface area (Å²) in [5, 5.41) is 23.0. The minimum Gasteiger partial charge on any atom is -0.394 e. The van der Waals surface area contributed by atoms with Gasteiger partial charge in [-0.25, -0.2) is 0 Å². The second-order valence-corrected chi connectivity index (χ2v) is 17.9. The molecule has 62 heavy (non-hydrogen) atoms. The lowest BCUT2D eigenvalue weighted by atomic mass is 10.0. The van der Waals surface area contributed by atoms with E-state index < -0.39 is 12.1 Å². The molecule has 0 bridgehead atoms. The van der Waals surface area contributed by atoms with Crippen molar-refractivity contribution in [3.63, 3.8) is 0 Å². The zero-order valence-corrected chi connectivity index (χ0v) is 41.1. The van der Waals surface area contributed by atoms with Crippen LogP contribution >= 0.6 is 0 Å². The van der Waals surface area contributed by atoms with Crippen molar-refractivity contribution >= 4 is 5.91 Å². The molecular weight excluding hydrogens is 759 g/mol. The number of allylic oxidation sites excluding steroid dienone is 13. The van der Waals surface area contributed by atoms with E-state index >= 15 is 0 Å². The molecule has 0 aromatic heterocycles. The Labute approximate surface area is 386 Å². The first-order valence-electron chi connectivity index (χ1n) is 26.8. The fourth-order valence-corrected chi connectivity index (χ4v) is 7.81. The molecule has 0 aromatic carbocycles. The third kappa shape index (κ3) is 48.6. The molecule has 2 atom stereocenters. The van der Waals surface area contributed by atoms with Crippen LogP contribution < -0.4 is 5.32 Å². The van der Waals surface area contributed by atoms with Crippen LogP contribution in [0.4, 0.5) is 0 Å². The first-order valence-corrected chi connectivity index (χ1v) is 26.8. The van der Waals surface area contributed by atoms with E-state index in [1.165, 1.54) is 173 Å². The topological polar surface area (TPSA) is 69.6 Å². The number of amides is 1. The maximum absolute atomic E-state index is 12.4. The van der Waals surface area contributed by atoms with E-state index in [4.69, 9.17) is 0 Å². The predicted molar refractivity (Wildman–Crippen MR) is 276 cm³/mol. The summed E-state index contributed by atoms with van der Waals surface area (Å²) in [4.78, 5) is 12.4. The molecule has 0 radical (unpaired) electrons. The monoisotopic (exact) mass is 862 g/mol. The fourth-order valence-electron chi connectivity index (χ4n) is 7.81. The zero-order valence-electron chi connectivity index (χ0n) is 41.1. The summed E-state index contributed by atoms with van der Waals surface area (Å²) < 4.78 is 0. The number of nitrogens with one attached hydrogen (secondary N) is 1. The minimum absolute atomic E-state index is 0.0742. The van der Waals surface area contributed by atoms with Gasteiger partial charge in [-0.3, -0.25) is 4.79 Å². The second kappa shape index (κ2) is 52.9. The van der Waals surface area contributed by atoms with Gasteiger partial charge in [0.15, 0.2) is 0 Å². The summed E-state index contributed by atoms with van der Waals surface area (Å²) >= 11 is 0. The SMILES string of the molecule is CC/C=C\C/C=C\C/C=C\C/C=C\C/C=C\CCCCCCCCCCCCCCCCCCCCCCCCCC(=O)NC(CO)C(O)/C=C/CC/C=C/CCCCCCC. The molecule has 1 amide bonds. The molecule has 0 rings (SSSR count). The average Bonchev–Trinajstić information content (AvgIpc) is 3.28. The van der Waals surface area contributed by atoms with Gasteiger partial charge in [0.2, 0.25) is 5.91 Å². The Bertz CT molecular complexity index is 1110. The summed E-state index contributed by atoms with van der Waals surface area (Å²) in [6.07, 6.45) is 77.5. The molecule has 0 aliphatic rings. The molecule has 4 nitrogen and oxygen atoms in total. The number of rotatable bonds is 48. The number of aliphatic hydroxyl groups excluding tert-OH is 2. The molecular formula is C58H103NO3. The van der Waals surface area contributed by atoms with Gasteiger partial charge in [-0.05, 0) is 77.0 Å². The Hall–Kier alpha value is -2.43. The van der Waals surface area contributed by atoms with E-state index in [0.717, 1.165) is 64.2 Å². The Kier molecular flexibility index (Phi) is 50.8. The molecule has 0 aliphatic heterocycles. The van der Waals surface area contributed by atoms with Gasteiger partial charge in [0.05, 0.1) is 18.8 Å². The number of aliphatic hydroxyl groups is 2. The van der Waals surface area contributed by atoms with E-state index in [1.807, 2.05) is 6.08 Å². The number of carbonyl (C=O) groups excluding carboxylic acids is 1. The van der Waals surface area contributed by atoms with Gasteiger partial charge in [0.25, 0.3) is 0 Å². The van der Waals surface area contributed by atoms with E-state index in [0.29, 0.717) is 6.42 Å². The van der Waals surface area contributed by atoms with Gasteiger partial charge in [-0.2, -0.15) is 0 Å². The van der Waals surface area contributed by atoms with E-state index in [9.17, 15) is 15.0 Å². The van der Waals surface area contributed by atoms with Crippen molar-refractivity contribution in [2.24, 2.45) is 0 Å². The van der Waals surface area contributed by atoms with Crippen LogP contribution in [0.3, 0.4) is 0 Å². The van der Waals surface area contributed by atoms with Crippen molar-refractivity contribution in [3.8, 4) is 0 Å². The van der Waals surface area contributed by atoms with Crippen molar-refractivity contribution < 1.29 is 15.0 Å². The lowest BCUT2D eigenvalue weighted by Crippen LogP contribution is -2.45. The number of hydrogen-bond acceptors (Lipinski definition) is 3. The number of carbonyl (C=O) groups is 1. The van der Waals surface area contributed by atoms with Gasteiger partial charge < -0.3 is 15.5 Å². The first-order chi connectivity index (χ1) is 30.7. The first kappa shape index (κ1) is 59.6. The molecule has 0 spiro atoms. The van der Waals surface area contributed by atoms with E-state index in [2.05, 4.69) is 92.1 Å². The smallest absolute Gasteiger partial charge is 0.220 e. The Balaban J connectivity index is 3.42. The maximum Gasteiger partial charge on any atom is 0.220 e. The Morgan fingerprint density at radius 3 is 1.13 bits per heavy atom. The fraction of sp³-hybridized carbons (Fsp3) is 0.741. The van der Waals surface area contributed by atoms with Gasteiger partial charge in [-0.15, -0.1) is 0 Å². The van der Waals surface area contributed by atoms with Crippen LogP contribution in [0.2, 0.25) is 0 Å². The molecule has 0 saturated heterocycles. The maximum atomic E-state index is 12.4. The normalized spacial score (nSPS) is 13.5. The third-order valence-electron chi connectivity index (χ3n) is 11.9. The molecule has 0 heterocycles. The molecule has 0 aliphatic carbocycles. The highest BCUT2D eigenvalue weighted by Crippen LogP contribution is 2.16. The van der Waals surface area contributed by atoms with Crippen LogP contribution in [0.15, 0.2) is 85.1 Å². The average molecular weight is 862 g/mol. The van der Waals surface area contributed by atoms with Gasteiger partial charge in [0.1, 0.15) is 0 Å². The lowest BCUT2D eigenvalue weighted by Gasteiger charge is -2.19. The van der Waals surface area contributed by atoms with E-state index in [-0.39, 0.29) is 12.5 Å². The molecule has 0 fully saturated rings. The van der Waals surface area contributed by atoms with Crippen LogP contribution in [-0.4, -0.2) is 34.9 Å². The highest BCUT2D eigenvalue weighted by molar-refractivity contribution is 5.76. The summed E-state index contributed by atoms with van der Waals surface area (Å²) in [5.41, 5.74) is 0. The van der Waals surface area contributed by atoms with E-state index in [1.54, 1.807) is 6.08 Å². The molecule has 2 unspecified atom stereocenters. The predicted octanol–water partition coefficient (Wildman–Crippen LogP) is 17.6. The molecule has 0 aromatic rings. The summed E-state index contributed by atoms with van der Waals surface area (Å²) in [6.45, 7) is 4.16. The lowest BCUT2D eigenvalue weighted by molar-refractivity contribution is -0.123. The summed E-state index contributed by atoms with van der Waals surface area (Å²) in [7, 11) is 0. The van der Waals surface area contributed by atoms with Crippen LogP contribution in [0.1, 0.15) is 258 Å². The highest BCUT2D eigenvalue weighted by Gasteiger charge is 2.17. The van der Waals surface area contributed by atoms with Gasteiger partial charge in [-0.1, -0.05) is 259 Å². The molecule has 358 valence electrons. The molecule has 4 heteroatoms. The largest absolute Gasteiger partial charge is 0.394 e. The minimum atomic E-state index is -0.861. The van der Waals surface area contributed by atoms with Crippen molar-refractivity contribution in [1.29, 1.82) is 0 Å². The summed E-state index contributed by atoms with van der Waals surface area (Å²) in [6, 6.07) is -0.638. The van der Waals surface area contributed by atoms with Crippen LogP contribution in [0, 0.1) is 0 Å². The standard InChI is InChI=1S/C58H103NO3/c1-3-5-7-9-11-13-15-16-17-18-19-20-21-22-23-24-25-26-27-28-29-30-31-32-33-34-35-36-37-38-39-40-41-42-44-46-48-50-52-54-58(62)59-56(55-60)57(61)53-51-49-47-45-43-14-12-10-8-6-4-2/h5,7,11,13,16-17,19-20,22-23,43,45,51,53,56-57,60-61H,3-4,6,8-10,12,14-15,18,21,24-42,44,46-50,52,54-55H2,1-2H3,(H,59,62)/b7-5-,13-11-,17-16-,20-19-,23-22-,45-43+,53-51+. The zero-order chi connectivity index (χ0) is 44.9. The molecule has 3 N–H and O–H groups in total. The third-order valence-corrected chi connectivity index (χ3v) is 11.9. The highest BCUT2D eigenvalue weighted by atomic mass is 16.3. The number of unbranched alkanes of at least 4 members (excludes halogenated alkanes) is 29. The Morgan fingerprint density at radius 1 is 0.403 bits per heavy atom. The van der Waals surface area contributed by atoms with Crippen molar-refractivity contribution in [2.45, 2.75) is 270 Å². The van der Waals surface area contributed by atoms with Crippen LogP contribution in [0.25, 0.3) is 0 Å². The summed E-state index contributed by atoms with van der Waals surface area (Å²) in [5.74, 6) is -0.0742.